The van der Waals surface area contributed by atoms with Gasteiger partial charge in [0.2, 0.25) is 0 Å². The highest BCUT2D eigenvalue weighted by atomic mass is 32.1. The van der Waals surface area contributed by atoms with Gasteiger partial charge in [-0.1, -0.05) is 25.7 Å². The molecule has 0 atom stereocenters. The Morgan fingerprint density at radius 2 is 1.94 bits per heavy atom. The van der Waals surface area contributed by atoms with Crippen LogP contribution in [0.3, 0.4) is 0 Å². The van der Waals surface area contributed by atoms with E-state index in [1.165, 1.54) is 25.7 Å². The van der Waals surface area contributed by atoms with Gasteiger partial charge in [0, 0.05) is 4.88 Å². The number of nitrogens with zero attached hydrogens (tertiary/aromatic N) is 1. The second-order valence-corrected chi connectivity index (χ2v) is 5.84. The summed E-state index contributed by atoms with van der Waals surface area (Å²) in [5, 5.41) is 1.04. The van der Waals surface area contributed by atoms with Gasteiger partial charge in [-0.25, -0.2) is 4.98 Å². The van der Waals surface area contributed by atoms with Gasteiger partial charge in [-0.15, -0.1) is 17.8 Å². The largest absolute Gasteiger partial charge is 0.319 e. The minimum Gasteiger partial charge on any atom is -0.319 e. The molecule has 0 bridgehead atoms. The summed E-state index contributed by atoms with van der Waals surface area (Å²) < 4.78 is 0. The van der Waals surface area contributed by atoms with E-state index in [1.807, 2.05) is 6.92 Å². The van der Waals surface area contributed by atoms with Crippen molar-refractivity contribution in [1.29, 1.82) is 0 Å². The van der Waals surface area contributed by atoms with Crippen molar-refractivity contribution in [1.82, 2.24) is 4.98 Å². The zero-order chi connectivity index (χ0) is 11.6. The van der Waals surface area contributed by atoms with Crippen LogP contribution in [0.1, 0.15) is 54.1 Å². The van der Waals surface area contributed by atoms with E-state index in [0.29, 0.717) is 0 Å². The van der Waals surface area contributed by atoms with Crippen molar-refractivity contribution in [3.05, 3.63) is 15.6 Å². The fourth-order valence-corrected chi connectivity index (χ4v) is 3.35. The third kappa shape index (κ3) is 2.14. The molecular formula is C13H18N2S. The van der Waals surface area contributed by atoms with Gasteiger partial charge in [-0.3, -0.25) is 0 Å². The number of hydrogen-bond acceptors (Lipinski definition) is 3. The van der Waals surface area contributed by atoms with Crippen molar-refractivity contribution in [3.63, 3.8) is 0 Å². The molecule has 1 heterocycles. The maximum atomic E-state index is 6.50. The van der Waals surface area contributed by atoms with Gasteiger partial charge >= 0.3 is 0 Å². The Balaban J connectivity index is 2.30. The monoisotopic (exact) mass is 234 g/mol. The predicted molar refractivity (Wildman–Crippen MR) is 68.4 cm³/mol. The standard InChI is InChI=1S/C13H18N2S/c1-3-11-10(2)16-12(15-11)13(14)8-6-4-5-7-9-13/h1H,4-9,14H2,2H3. The minimum atomic E-state index is -0.221. The van der Waals surface area contributed by atoms with Crippen LogP contribution in [0.4, 0.5) is 0 Å². The molecule has 16 heavy (non-hydrogen) atoms. The Kier molecular flexibility index (Phi) is 3.32. The topological polar surface area (TPSA) is 38.9 Å². The summed E-state index contributed by atoms with van der Waals surface area (Å²) in [5.41, 5.74) is 7.05. The van der Waals surface area contributed by atoms with Crippen molar-refractivity contribution >= 4 is 11.3 Å². The molecule has 2 nitrogen and oxygen atoms in total. The molecule has 0 unspecified atom stereocenters. The molecule has 0 amide bonds. The van der Waals surface area contributed by atoms with E-state index in [2.05, 4.69) is 10.9 Å². The fraction of sp³-hybridized carbons (Fsp3) is 0.615. The van der Waals surface area contributed by atoms with E-state index in [-0.39, 0.29) is 5.54 Å². The van der Waals surface area contributed by atoms with E-state index in [1.54, 1.807) is 11.3 Å². The molecule has 0 spiro atoms. The number of aromatic nitrogens is 1. The fourth-order valence-electron chi connectivity index (χ4n) is 2.32. The van der Waals surface area contributed by atoms with Crippen LogP contribution in [0.5, 0.6) is 0 Å². The van der Waals surface area contributed by atoms with Crippen LogP contribution in [0.2, 0.25) is 0 Å². The predicted octanol–water partition coefficient (Wildman–Crippen LogP) is 2.94. The van der Waals surface area contributed by atoms with Crippen molar-refractivity contribution < 1.29 is 0 Å². The summed E-state index contributed by atoms with van der Waals surface area (Å²) in [6.07, 6.45) is 12.5. The van der Waals surface area contributed by atoms with Gasteiger partial charge in [0.05, 0.1) is 5.54 Å². The lowest BCUT2D eigenvalue weighted by Gasteiger charge is -2.25. The molecule has 1 aromatic heterocycles. The minimum absolute atomic E-state index is 0.221. The Morgan fingerprint density at radius 1 is 1.31 bits per heavy atom. The molecule has 2 N–H and O–H groups in total. The zero-order valence-corrected chi connectivity index (χ0v) is 10.6. The average Bonchev–Trinajstić information content (AvgIpc) is 2.51. The molecule has 2 rings (SSSR count). The third-order valence-electron chi connectivity index (χ3n) is 3.36. The maximum absolute atomic E-state index is 6.50. The highest BCUT2D eigenvalue weighted by Gasteiger charge is 2.31. The number of hydrogen-bond donors (Lipinski definition) is 1. The Hall–Kier alpha value is -0.850. The van der Waals surface area contributed by atoms with Crippen molar-refractivity contribution in [2.24, 2.45) is 5.73 Å². The van der Waals surface area contributed by atoms with Crippen LogP contribution in [0, 0.1) is 19.3 Å². The summed E-state index contributed by atoms with van der Waals surface area (Å²) in [4.78, 5) is 5.64. The lowest BCUT2D eigenvalue weighted by Crippen LogP contribution is -2.35. The Morgan fingerprint density at radius 3 is 2.44 bits per heavy atom. The molecule has 86 valence electrons. The quantitative estimate of drug-likeness (QED) is 0.599. The van der Waals surface area contributed by atoms with Gasteiger partial charge in [0.15, 0.2) is 0 Å². The van der Waals surface area contributed by atoms with Crippen molar-refractivity contribution in [3.8, 4) is 12.3 Å². The summed E-state index contributed by atoms with van der Waals surface area (Å²) in [7, 11) is 0. The summed E-state index contributed by atoms with van der Waals surface area (Å²) in [6.45, 7) is 2.02. The van der Waals surface area contributed by atoms with Crippen molar-refractivity contribution in [2.75, 3.05) is 0 Å². The smallest absolute Gasteiger partial charge is 0.127 e. The van der Waals surface area contributed by atoms with Crippen LogP contribution < -0.4 is 5.73 Å². The third-order valence-corrected chi connectivity index (χ3v) is 4.55. The summed E-state index contributed by atoms with van der Waals surface area (Å²) in [5.74, 6) is 2.63. The van der Waals surface area contributed by atoms with E-state index < -0.39 is 0 Å². The first-order valence-electron chi connectivity index (χ1n) is 5.89. The number of terminal acetylenes is 1. The van der Waals surface area contributed by atoms with Crippen LogP contribution in [-0.4, -0.2) is 4.98 Å². The Bertz CT molecular complexity index is 406. The lowest BCUT2D eigenvalue weighted by molar-refractivity contribution is 0.383. The summed E-state index contributed by atoms with van der Waals surface area (Å²) in [6, 6.07) is 0. The van der Waals surface area contributed by atoms with Gasteiger partial charge in [0.25, 0.3) is 0 Å². The van der Waals surface area contributed by atoms with E-state index >= 15 is 0 Å². The molecule has 3 heteroatoms. The number of nitrogens with two attached hydrogens (primary N) is 1. The van der Waals surface area contributed by atoms with Crippen LogP contribution >= 0.6 is 11.3 Å². The van der Waals surface area contributed by atoms with Gasteiger partial charge < -0.3 is 5.73 Å². The zero-order valence-electron chi connectivity index (χ0n) is 9.75. The van der Waals surface area contributed by atoms with Gasteiger partial charge in [0.1, 0.15) is 10.7 Å². The maximum Gasteiger partial charge on any atom is 0.127 e. The number of rotatable bonds is 1. The van der Waals surface area contributed by atoms with E-state index in [9.17, 15) is 0 Å². The normalized spacial score (nSPS) is 20.1. The Labute approximate surface area is 101 Å². The first-order chi connectivity index (χ1) is 7.65. The molecule has 0 saturated heterocycles. The average molecular weight is 234 g/mol. The SMILES string of the molecule is C#Cc1nc(C2(N)CCCCCC2)sc1C. The summed E-state index contributed by atoms with van der Waals surface area (Å²) >= 11 is 1.67. The molecule has 1 saturated carbocycles. The van der Waals surface area contributed by atoms with E-state index in [4.69, 9.17) is 12.2 Å². The highest BCUT2D eigenvalue weighted by molar-refractivity contribution is 7.11. The first kappa shape index (κ1) is 11.6. The molecular weight excluding hydrogens is 216 g/mol. The van der Waals surface area contributed by atoms with Crippen molar-refractivity contribution in [2.45, 2.75) is 51.0 Å². The van der Waals surface area contributed by atoms with Crippen LogP contribution in [0.15, 0.2) is 0 Å². The molecule has 1 aliphatic rings. The van der Waals surface area contributed by atoms with Crippen LogP contribution in [0.25, 0.3) is 0 Å². The lowest BCUT2D eigenvalue weighted by atomic mass is 9.92. The number of thiazole rings is 1. The molecule has 0 radical (unpaired) electrons. The van der Waals surface area contributed by atoms with Gasteiger partial charge in [-0.05, 0) is 25.7 Å². The molecule has 1 aliphatic carbocycles. The number of aryl methyl sites for hydroxylation is 1. The highest BCUT2D eigenvalue weighted by Crippen LogP contribution is 2.36. The van der Waals surface area contributed by atoms with E-state index in [0.717, 1.165) is 28.4 Å². The second-order valence-electron chi connectivity index (χ2n) is 4.64. The van der Waals surface area contributed by atoms with Crippen LogP contribution in [-0.2, 0) is 5.54 Å². The first-order valence-corrected chi connectivity index (χ1v) is 6.71. The molecule has 1 fully saturated rings. The molecule has 0 aliphatic heterocycles. The van der Waals surface area contributed by atoms with Gasteiger partial charge in [-0.2, -0.15) is 0 Å². The molecule has 0 aromatic carbocycles. The molecule has 1 aromatic rings. The second kappa shape index (κ2) is 4.57.